The number of hydrogen-bond donors (Lipinski definition) is 0. The molecule has 4 rings (SSSR count). The Labute approximate surface area is 132 Å². The molecule has 8 heteroatoms. The third-order valence-electron chi connectivity index (χ3n) is 4.01. The Morgan fingerprint density at radius 2 is 1.95 bits per heavy atom. The molecule has 0 saturated carbocycles. The molecule has 0 amide bonds. The summed E-state index contributed by atoms with van der Waals surface area (Å²) >= 11 is 1.72. The first-order valence-electron chi connectivity index (χ1n) is 7.38. The molecule has 1 saturated heterocycles. The molecule has 1 aliphatic heterocycles. The Kier molecular flexibility index (Phi) is 3.69. The van der Waals surface area contributed by atoms with Crippen LogP contribution < -0.4 is 4.90 Å². The SMILES string of the molecule is c1nc(N2CCN(CCn3cncn3)CC2)c2sccc2n1. The van der Waals surface area contributed by atoms with E-state index in [-0.39, 0.29) is 0 Å². The normalized spacial score (nSPS) is 16.5. The van der Waals surface area contributed by atoms with Gasteiger partial charge in [-0.25, -0.2) is 15.0 Å². The van der Waals surface area contributed by atoms with Gasteiger partial charge in [0.15, 0.2) is 0 Å². The molecule has 22 heavy (non-hydrogen) atoms. The number of anilines is 1. The highest BCUT2D eigenvalue weighted by Gasteiger charge is 2.20. The monoisotopic (exact) mass is 315 g/mol. The Morgan fingerprint density at radius 1 is 1.05 bits per heavy atom. The molecule has 3 aromatic rings. The minimum Gasteiger partial charge on any atom is -0.353 e. The predicted octanol–water partition coefficient (Wildman–Crippen LogP) is 1.10. The summed E-state index contributed by atoms with van der Waals surface area (Å²) in [7, 11) is 0. The Bertz CT molecular complexity index is 731. The molecular weight excluding hydrogens is 298 g/mol. The van der Waals surface area contributed by atoms with Crippen molar-refractivity contribution in [3.63, 3.8) is 0 Å². The second-order valence-electron chi connectivity index (χ2n) is 5.32. The van der Waals surface area contributed by atoms with Gasteiger partial charge < -0.3 is 4.90 Å². The first kappa shape index (κ1) is 13.6. The van der Waals surface area contributed by atoms with E-state index in [4.69, 9.17) is 0 Å². The lowest BCUT2D eigenvalue weighted by Gasteiger charge is -2.35. The molecule has 1 fully saturated rings. The first-order chi connectivity index (χ1) is 10.9. The Morgan fingerprint density at radius 3 is 2.77 bits per heavy atom. The van der Waals surface area contributed by atoms with Crippen LogP contribution in [-0.4, -0.2) is 62.4 Å². The maximum atomic E-state index is 4.50. The van der Waals surface area contributed by atoms with Crippen LogP contribution in [0.5, 0.6) is 0 Å². The second-order valence-corrected chi connectivity index (χ2v) is 6.24. The average Bonchev–Trinajstić information content (AvgIpc) is 3.24. The van der Waals surface area contributed by atoms with Gasteiger partial charge in [-0.05, 0) is 11.4 Å². The number of rotatable bonds is 4. The highest BCUT2D eigenvalue weighted by Crippen LogP contribution is 2.28. The van der Waals surface area contributed by atoms with E-state index in [0.717, 1.165) is 50.6 Å². The van der Waals surface area contributed by atoms with E-state index in [1.165, 1.54) is 4.70 Å². The van der Waals surface area contributed by atoms with Gasteiger partial charge in [-0.15, -0.1) is 11.3 Å². The van der Waals surface area contributed by atoms with Crippen molar-refractivity contribution in [2.45, 2.75) is 6.54 Å². The van der Waals surface area contributed by atoms with Gasteiger partial charge in [0.2, 0.25) is 0 Å². The average molecular weight is 315 g/mol. The fourth-order valence-electron chi connectivity index (χ4n) is 2.78. The molecule has 0 bridgehead atoms. The van der Waals surface area contributed by atoms with Gasteiger partial charge in [0.25, 0.3) is 0 Å². The molecule has 0 spiro atoms. The van der Waals surface area contributed by atoms with Crippen molar-refractivity contribution < 1.29 is 0 Å². The highest BCUT2D eigenvalue weighted by atomic mass is 32.1. The number of aromatic nitrogens is 5. The summed E-state index contributed by atoms with van der Waals surface area (Å²) in [6.45, 7) is 6.00. The van der Waals surface area contributed by atoms with Crippen LogP contribution in [0.4, 0.5) is 5.82 Å². The van der Waals surface area contributed by atoms with Crippen molar-refractivity contribution in [2.75, 3.05) is 37.6 Å². The van der Waals surface area contributed by atoms with Crippen molar-refractivity contribution in [3.05, 3.63) is 30.4 Å². The predicted molar refractivity (Wildman–Crippen MR) is 86.1 cm³/mol. The zero-order valence-electron chi connectivity index (χ0n) is 12.2. The lowest BCUT2D eigenvalue weighted by Crippen LogP contribution is -2.47. The fourth-order valence-corrected chi connectivity index (χ4v) is 3.64. The molecule has 4 heterocycles. The van der Waals surface area contributed by atoms with Crippen LogP contribution in [0.2, 0.25) is 0 Å². The maximum Gasteiger partial charge on any atom is 0.150 e. The van der Waals surface area contributed by atoms with Crippen molar-refractivity contribution in [1.29, 1.82) is 0 Å². The van der Waals surface area contributed by atoms with Gasteiger partial charge >= 0.3 is 0 Å². The van der Waals surface area contributed by atoms with E-state index in [2.05, 4.69) is 41.3 Å². The van der Waals surface area contributed by atoms with E-state index >= 15 is 0 Å². The smallest absolute Gasteiger partial charge is 0.150 e. The summed E-state index contributed by atoms with van der Waals surface area (Å²) in [5.41, 5.74) is 1.05. The van der Waals surface area contributed by atoms with Crippen molar-refractivity contribution in [2.24, 2.45) is 0 Å². The van der Waals surface area contributed by atoms with Gasteiger partial charge in [0.1, 0.15) is 24.8 Å². The van der Waals surface area contributed by atoms with Gasteiger partial charge in [0.05, 0.1) is 16.8 Å². The third kappa shape index (κ3) is 2.67. The van der Waals surface area contributed by atoms with E-state index in [1.54, 1.807) is 30.3 Å². The molecule has 0 aromatic carbocycles. The summed E-state index contributed by atoms with van der Waals surface area (Å²) in [6.07, 6.45) is 5.02. The lowest BCUT2D eigenvalue weighted by atomic mass is 10.3. The first-order valence-corrected chi connectivity index (χ1v) is 8.26. The van der Waals surface area contributed by atoms with Crippen molar-refractivity contribution in [3.8, 4) is 0 Å². The van der Waals surface area contributed by atoms with Crippen LogP contribution in [0.15, 0.2) is 30.4 Å². The maximum absolute atomic E-state index is 4.50. The van der Waals surface area contributed by atoms with E-state index in [0.29, 0.717) is 0 Å². The number of piperazine rings is 1. The Balaban J connectivity index is 1.38. The topological polar surface area (TPSA) is 63.0 Å². The van der Waals surface area contributed by atoms with Crippen LogP contribution in [-0.2, 0) is 6.54 Å². The molecule has 0 atom stereocenters. The van der Waals surface area contributed by atoms with E-state index in [9.17, 15) is 0 Å². The molecule has 0 radical (unpaired) electrons. The molecule has 1 aliphatic rings. The second kappa shape index (κ2) is 5.98. The van der Waals surface area contributed by atoms with Gasteiger partial charge in [0, 0.05) is 32.7 Å². The Hall–Kier alpha value is -2.06. The van der Waals surface area contributed by atoms with Gasteiger partial charge in [-0.2, -0.15) is 5.10 Å². The minimum absolute atomic E-state index is 0.892. The molecular formula is C14H17N7S. The zero-order valence-corrected chi connectivity index (χ0v) is 13.0. The summed E-state index contributed by atoms with van der Waals surface area (Å²) in [5, 5.41) is 6.22. The van der Waals surface area contributed by atoms with Crippen LogP contribution in [0.1, 0.15) is 0 Å². The zero-order chi connectivity index (χ0) is 14.8. The van der Waals surface area contributed by atoms with Crippen LogP contribution in [0.3, 0.4) is 0 Å². The molecule has 0 unspecified atom stereocenters. The lowest BCUT2D eigenvalue weighted by molar-refractivity contribution is 0.244. The standard InChI is InChI=1S/C14H17N7S/c1-8-22-13-12(1)16-10-17-14(13)20-5-2-19(3-6-20)4-7-21-11-15-9-18-21/h1,8-11H,2-7H2. The van der Waals surface area contributed by atoms with Crippen molar-refractivity contribution in [1.82, 2.24) is 29.6 Å². The molecule has 0 aliphatic carbocycles. The number of hydrogen-bond acceptors (Lipinski definition) is 7. The van der Waals surface area contributed by atoms with Crippen molar-refractivity contribution >= 4 is 27.4 Å². The molecule has 7 nitrogen and oxygen atoms in total. The quantitative estimate of drug-likeness (QED) is 0.718. The fraction of sp³-hybridized carbons (Fsp3) is 0.429. The minimum atomic E-state index is 0.892. The number of fused-ring (bicyclic) bond motifs is 1. The van der Waals surface area contributed by atoms with Crippen LogP contribution in [0.25, 0.3) is 10.2 Å². The summed E-state index contributed by atoms with van der Waals surface area (Å²) in [5.74, 6) is 1.08. The highest BCUT2D eigenvalue weighted by molar-refractivity contribution is 7.17. The third-order valence-corrected chi connectivity index (χ3v) is 4.91. The molecule has 114 valence electrons. The molecule has 0 N–H and O–H groups in total. The van der Waals surface area contributed by atoms with Crippen LogP contribution in [0, 0.1) is 0 Å². The van der Waals surface area contributed by atoms with Gasteiger partial charge in [-0.1, -0.05) is 0 Å². The summed E-state index contributed by atoms with van der Waals surface area (Å²) in [6, 6.07) is 2.06. The van der Waals surface area contributed by atoms with E-state index < -0.39 is 0 Å². The number of thiophene rings is 1. The molecule has 3 aromatic heterocycles. The largest absolute Gasteiger partial charge is 0.353 e. The summed E-state index contributed by atoms with van der Waals surface area (Å²) in [4.78, 5) is 17.6. The van der Waals surface area contributed by atoms with Gasteiger partial charge in [-0.3, -0.25) is 9.58 Å². The van der Waals surface area contributed by atoms with Crippen LogP contribution >= 0.6 is 11.3 Å². The van der Waals surface area contributed by atoms with E-state index in [1.807, 2.05) is 4.68 Å². The summed E-state index contributed by atoms with van der Waals surface area (Å²) < 4.78 is 3.07. The number of nitrogens with zero attached hydrogens (tertiary/aromatic N) is 7.